The Morgan fingerprint density at radius 2 is 2.17 bits per heavy atom. The highest BCUT2D eigenvalue weighted by Crippen LogP contribution is 2.34. The van der Waals surface area contributed by atoms with Crippen molar-refractivity contribution in [3.05, 3.63) is 50.4 Å². The third-order valence-corrected chi connectivity index (χ3v) is 5.42. The molecule has 3 aromatic rings. The maximum atomic E-state index is 13.3. The van der Waals surface area contributed by atoms with E-state index in [9.17, 15) is 4.79 Å². The van der Waals surface area contributed by atoms with E-state index in [4.69, 9.17) is 4.74 Å². The number of rotatable bonds is 4. The van der Waals surface area contributed by atoms with Gasteiger partial charge in [0.25, 0.3) is 0 Å². The highest BCUT2D eigenvalue weighted by molar-refractivity contribution is 7.08. The molecule has 1 aliphatic carbocycles. The normalized spacial score (nSPS) is 13.9. The summed E-state index contributed by atoms with van der Waals surface area (Å²) in [7, 11) is 0. The molecule has 1 aromatic carbocycles. The topological polar surface area (TPSA) is 42.1 Å². The van der Waals surface area contributed by atoms with E-state index >= 15 is 0 Å². The molecule has 0 saturated heterocycles. The molecule has 124 valence electrons. The molecule has 0 atom stereocenters. The Labute approximate surface area is 145 Å². The van der Waals surface area contributed by atoms with Gasteiger partial charge in [0.2, 0.25) is 0 Å². The Balaban J connectivity index is 2.00. The van der Waals surface area contributed by atoms with E-state index in [0.717, 1.165) is 53.5 Å². The molecule has 24 heavy (non-hydrogen) atoms. The second-order valence-electron chi connectivity index (χ2n) is 6.36. The molecule has 0 saturated carbocycles. The molecule has 4 heteroatoms. The van der Waals surface area contributed by atoms with Crippen LogP contribution in [0.15, 0.2) is 33.9 Å². The molecule has 0 unspecified atom stereocenters. The fourth-order valence-corrected chi connectivity index (χ4v) is 4.23. The smallest absolute Gasteiger partial charge is 0.197 e. The summed E-state index contributed by atoms with van der Waals surface area (Å²) in [6.45, 7) is 2.76. The van der Waals surface area contributed by atoms with Crippen molar-refractivity contribution in [2.24, 2.45) is 0 Å². The highest BCUT2D eigenvalue weighted by Gasteiger charge is 2.20. The second kappa shape index (κ2) is 6.44. The average Bonchev–Trinajstić information content (AvgIpc) is 3.14. The number of ether oxygens (including phenoxy) is 1. The SMILES string of the molecule is CCCOc1cc2c(c3c(=O)c(-c4ccsc4)c[nH]c13)CCCC2. The van der Waals surface area contributed by atoms with Crippen LogP contribution in [0, 0.1) is 0 Å². The van der Waals surface area contributed by atoms with Gasteiger partial charge < -0.3 is 9.72 Å². The van der Waals surface area contributed by atoms with Crippen molar-refractivity contribution < 1.29 is 4.74 Å². The number of benzene rings is 1. The summed E-state index contributed by atoms with van der Waals surface area (Å²) in [4.78, 5) is 16.6. The maximum Gasteiger partial charge on any atom is 0.197 e. The van der Waals surface area contributed by atoms with Gasteiger partial charge in [-0.1, -0.05) is 6.92 Å². The van der Waals surface area contributed by atoms with Crippen LogP contribution >= 0.6 is 11.3 Å². The van der Waals surface area contributed by atoms with Crippen LogP contribution in [-0.4, -0.2) is 11.6 Å². The molecule has 1 N–H and O–H groups in total. The minimum Gasteiger partial charge on any atom is -0.491 e. The van der Waals surface area contributed by atoms with Crippen LogP contribution in [0.5, 0.6) is 5.75 Å². The predicted molar refractivity (Wildman–Crippen MR) is 100 cm³/mol. The summed E-state index contributed by atoms with van der Waals surface area (Å²) < 4.78 is 5.95. The highest BCUT2D eigenvalue weighted by atomic mass is 32.1. The summed E-state index contributed by atoms with van der Waals surface area (Å²) in [5.41, 5.74) is 5.23. The van der Waals surface area contributed by atoms with E-state index < -0.39 is 0 Å². The average molecular weight is 339 g/mol. The lowest BCUT2D eigenvalue weighted by atomic mass is 9.87. The second-order valence-corrected chi connectivity index (χ2v) is 7.14. The number of H-pyrrole nitrogens is 1. The number of thiophene rings is 1. The molecule has 0 aliphatic heterocycles. The zero-order valence-electron chi connectivity index (χ0n) is 13.9. The van der Waals surface area contributed by atoms with Crippen LogP contribution < -0.4 is 10.2 Å². The Bertz CT molecular complexity index is 925. The Morgan fingerprint density at radius 3 is 2.96 bits per heavy atom. The van der Waals surface area contributed by atoms with Crippen molar-refractivity contribution >= 4 is 22.2 Å². The number of aryl methyl sites for hydroxylation is 2. The lowest BCUT2D eigenvalue weighted by Gasteiger charge is -2.20. The minimum atomic E-state index is 0.127. The van der Waals surface area contributed by atoms with Crippen molar-refractivity contribution in [2.45, 2.75) is 39.0 Å². The Hall–Kier alpha value is -2.07. The van der Waals surface area contributed by atoms with Gasteiger partial charge in [-0.3, -0.25) is 4.79 Å². The van der Waals surface area contributed by atoms with Gasteiger partial charge in [0, 0.05) is 11.8 Å². The van der Waals surface area contributed by atoms with Gasteiger partial charge in [-0.25, -0.2) is 0 Å². The molecule has 0 bridgehead atoms. The first-order valence-corrected chi connectivity index (χ1v) is 9.59. The number of nitrogens with one attached hydrogen (secondary N) is 1. The number of pyridine rings is 1. The quantitative estimate of drug-likeness (QED) is 0.733. The Kier molecular flexibility index (Phi) is 4.15. The molecule has 2 aromatic heterocycles. The molecule has 1 aliphatic rings. The van der Waals surface area contributed by atoms with Crippen molar-refractivity contribution in [3.8, 4) is 16.9 Å². The number of aromatic amines is 1. The van der Waals surface area contributed by atoms with Gasteiger partial charge in [0.1, 0.15) is 5.75 Å². The van der Waals surface area contributed by atoms with Crippen molar-refractivity contribution in [1.82, 2.24) is 4.98 Å². The van der Waals surface area contributed by atoms with Crippen molar-refractivity contribution in [2.75, 3.05) is 6.61 Å². The number of fused-ring (bicyclic) bond motifs is 3. The van der Waals surface area contributed by atoms with Gasteiger partial charge in [-0.05, 0) is 71.7 Å². The third kappa shape index (κ3) is 2.55. The van der Waals surface area contributed by atoms with Gasteiger partial charge in [0.05, 0.1) is 17.5 Å². The molecule has 0 amide bonds. The van der Waals surface area contributed by atoms with Crippen molar-refractivity contribution in [1.29, 1.82) is 0 Å². The molecular weight excluding hydrogens is 318 g/mol. The summed E-state index contributed by atoms with van der Waals surface area (Å²) >= 11 is 1.61. The van der Waals surface area contributed by atoms with E-state index in [1.807, 2.05) is 23.0 Å². The molecule has 0 radical (unpaired) electrons. The predicted octanol–water partition coefficient (Wildman–Crippen LogP) is 4.92. The van der Waals surface area contributed by atoms with Gasteiger partial charge in [-0.2, -0.15) is 11.3 Å². The standard InChI is InChI=1S/C20H21NO2S/c1-2-8-23-17-10-13-5-3-4-6-15(13)18-19(17)21-11-16(20(18)22)14-7-9-24-12-14/h7,9-12H,2-6,8H2,1H3,(H,21,22). The summed E-state index contributed by atoms with van der Waals surface area (Å²) in [6, 6.07) is 4.15. The summed E-state index contributed by atoms with van der Waals surface area (Å²) in [5, 5.41) is 4.87. The first-order valence-electron chi connectivity index (χ1n) is 8.65. The first kappa shape index (κ1) is 15.5. The van der Waals surface area contributed by atoms with Crippen molar-refractivity contribution in [3.63, 3.8) is 0 Å². The van der Waals surface area contributed by atoms with E-state index in [0.29, 0.717) is 6.61 Å². The third-order valence-electron chi connectivity index (χ3n) is 4.74. The molecular formula is C20H21NO2S. The van der Waals surface area contributed by atoms with Crippen LogP contribution in [0.3, 0.4) is 0 Å². The minimum absolute atomic E-state index is 0.127. The molecule has 3 nitrogen and oxygen atoms in total. The lowest BCUT2D eigenvalue weighted by molar-refractivity contribution is 0.320. The summed E-state index contributed by atoms with van der Waals surface area (Å²) in [6.07, 6.45) is 7.15. The van der Waals surface area contributed by atoms with E-state index in [2.05, 4.69) is 18.0 Å². The molecule has 4 rings (SSSR count). The molecule has 0 fully saturated rings. The monoisotopic (exact) mass is 339 g/mol. The van der Waals surface area contributed by atoms with Crippen LogP contribution in [0.1, 0.15) is 37.3 Å². The zero-order valence-corrected chi connectivity index (χ0v) is 14.7. The number of hydrogen-bond donors (Lipinski definition) is 1. The van der Waals surface area contributed by atoms with Crippen LogP contribution in [-0.2, 0) is 12.8 Å². The van der Waals surface area contributed by atoms with Gasteiger partial charge in [0.15, 0.2) is 5.43 Å². The number of hydrogen-bond acceptors (Lipinski definition) is 3. The first-order chi connectivity index (χ1) is 11.8. The summed E-state index contributed by atoms with van der Waals surface area (Å²) in [5.74, 6) is 0.821. The zero-order chi connectivity index (χ0) is 16.5. The number of aromatic nitrogens is 1. The Morgan fingerprint density at radius 1 is 1.29 bits per heavy atom. The van der Waals surface area contributed by atoms with Gasteiger partial charge in [-0.15, -0.1) is 0 Å². The fourth-order valence-electron chi connectivity index (χ4n) is 3.57. The maximum absolute atomic E-state index is 13.3. The molecule has 2 heterocycles. The van der Waals surface area contributed by atoms with Crippen LogP contribution in [0.2, 0.25) is 0 Å². The lowest BCUT2D eigenvalue weighted by Crippen LogP contribution is -2.14. The van der Waals surface area contributed by atoms with Crippen LogP contribution in [0.4, 0.5) is 0 Å². The van der Waals surface area contributed by atoms with E-state index in [1.54, 1.807) is 11.3 Å². The largest absolute Gasteiger partial charge is 0.491 e. The molecule has 0 spiro atoms. The van der Waals surface area contributed by atoms with Gasteiger partial charge >= 0.3 is 0 Å². The fraction of sp³-hybridized carbons (Fsp3) is 0.350. The van der Waals surface area contributed by atoms with E-state index in [1.165, 1.54) is 17.5 Å². The van der Waals surface area contributed by atoms with E-state index in [-0.39, 0.29) is 5.43 Å². The van der Waals surface area contributed by atoms with Crippen LogP contribution in [0.25, 0.3) is 22.0 Å².